The lowest BCUT2D eigenvalue weighted by atomic mass is 10.2. The number of hydrogen-bond acceptors (Lipinski definition) is 4. The van der Waals surface area contributed by atoms with Crippen LogP contribution in [0.4, 0.5) is 22.0 Å². The Morgan fingerprint density at radius 3 is 2.44 bits per heavy atom. The second-order valence-corrected chi connectivity index (χ2v) is 6.00. The van der Waals surface area contributed by atoms with Gasteiger partial charge in [-0.25, -0.2) is 23.7 Å². The minimum atomic E-state index is -4.62. The van der Waals surface area contributed by atoms with Gasteiger partial charge in [-0.3, -0.25) is 4.57 Å². The van der Waals surface area contributed by atoms with Gasteiger partial charge in [0.25, 0.3) is 6.43 Å². The van der Waals surface area contributed by atoms with Gasteiger partial charge in [0.2, 0.25) is 0 Å². The van der Waals surface area contributed by atoms with Crippen molar-refractivity contribution in [2.75, 3.05) is 6.26 Å². The monoisotopic (exact) mass is 394 g/mol. The number of aromatic nitrogens is 4. The van der Waals surface area contributed by atoms with Crippen LogP contribution in [0.1, 0.15) is 17.8 Å². The van der Waals surface area contributed by atoms with E-state index in [9.17, 15) is 22.0 Å². The van der Waals surface area contributed by atoms with Gasteiger partial charge in [-0.2, -0.15) is 13.2 Å². The van der Waals surface area contributed by atoms with Gasteiger partial charge >= 0.3 is 6.18 Å². The summed E-state index contributed by atoms with van der Waals surface area (Å²) in [6.07, 6.45) is -5.99. The lowest BCUT2D eigenvalue weighted by Crippen LogP contribution is -2.07. The van der Waals surface area contributed by atoms with Crippen molar-refractivity contribution in [1.82, 2.24) is 19.5 Å². The molecule has 0 saturated heterocycles. The van der Waals surface area contributed by atoms with E-state index in [1.807, 2.05) is 0 Å². The Bertz CT molecular complexity index is 941. The second-order valence-electron chi connectivity index (χ2n) is 4.84. The highest BCUT2D eigenvalue weighted by Gasteiger charge is 2.32. The molecular weight excluding hydrogens is 387 g/mol. The van der Waals surface area contributed by atoms with Crippen molar-refractivity contribution >= 4 is 34.4 Å². The molecule has 0 spiro atoms. The number of fused-ring (bicyclic) bond motifs is 1. The molecule has 0 atom stereocenters. The number of benzene rings is 1. The zero-order valence-corrected chi connectivity index (χ0v) is 13.9. The summed E-state index contributed by atoms with van der Waals surface area (Å²) in [5, 5.41) is 0.167. The topological polar surface area (TPSA) is 43.6 Å². The Hall–Kier alpha value is -1.94. The summed E-state index contributed by atoms with van der Waals surface area (Å²) in [5.41, 5.74) is -1.14. The Balaban J connectivity index is 2.34. The van der Waals surface area contributed by atoms with E-state index in [2.05, 4.69) is 15.0 Å². The molecule has 0 amide bonds. The average Bonchev–Trinajstić information content (AvgIpc) is 2.92. The lowest BCUT2D eigenvalue weighted by Gasteiger charge is -2.11. The highest BCUT2D eigenvalue weighted by Crippen LogP contribution is 2.34. The fraction of sp³-hybridized carbons (Fsp3) is 0.214. The predicted octanol–water partition coefficient (Wildman–Crippen LogP) is 5.15. The summed E-state index contributed by atoms with van der Waals surface area (Å²) in [6, 6.07) is 3.77. The smallest absolute Gasteiger partial charge is 0.275 e. The maximum Gasteiger partial charge on any atom is 0.416 e. The van der Waals surface area contributed by atoms with Crippen molar-refractivity contribution in [3.63, 3.8) is 0 Å². The number of alkyl halides is 5. The van der Waals surface area contributed by atoms with Crippen molar-refractivity contribution in [3.05, 3.63) is 40.8 Å². The van der Waals surface area contributed by atoms with E-state index in [0.29, 0.717) is 0 Å². The molecule has 3 aromatic rings. The lowest BCUT2D eigenvalue weighted by molar-refractivity contribution is -0.137. The van der Waals surface area contributed by atoms with Crippen LogP contribution in [0.5, 0.6) is 0 Å². The van der Waals surface area contributed by atoms with E-state index in [-0.39, 0.29) is 27.2 Å². The van der Waals surface area contributed by atoms with E-state index in [0.717, 1.165) is 34.5 Å². The molecule has 2 aromatic heterocycles. The number of rotatable bonds is 3. The summed E-state index contributed by atoms with van der Waals surface area (Å²) >= 11 is 6.98. The van der Waals surface area contributed by atoms with Crippen LogP contribution in [0.3, 0.4) is 0 Å². The molecule has 132 valence electrons. The van der Waals surface area contributed by atoms with Crippen LogP contribution in [0, 0.1) is 0 Å². The van der Waals surface area contributed by atoms with Crippen LogP contribution in [-0.2, 0) is 6.18 Å². The van der Waals surface area contributed by atoms with Crippen molar-refractivity contribution < 1.29 is 22.0 Å². The van der Waals surface area contributed by atoms with E-state index in [1.54, 1.807) is 6.26 Å². The molecule has 0 fully saturated rings. The molecule has 25 heavy (non-hydrogen) atoms. The van der Waals surface area contributed by atoms with Gasteiger partial charge in [-0.15, -0.1) is 0 Å². The highest BCUT2D eigenvalue weighted by atomic mass is 35.5. The van der Waals surface area contributed by atoms with Gasteiger partial charge in [0.15, 0.2) is 11.0 Å². The van der Waals surface area contributed by atoms with Crippen LogP contribution < -0.4 is 0 Å². The van der Waals surface area contributed by atoms with Crippen LogP contribution in [0.2, 0.25) is 5.15 Å². The van der Waals surface area contributed by atoms with E-state index < -0.39 is 24.0 Å². The average molecular weight is 395 g/mol. The standard InChI is InChI=1S/C14H8ClF5N4S/c1-25-13-22-9(15)5-10(23-13)24-8-4-6(14(18,19)20)2-3-7(8)21-12(24)11(16)17/h2-5,11H,1H3. The first kappa shape index (κ1) is 17.9. The molecule has 2 heterocycles. The normalized spacial score (nSPS) is 12.3. The summed E-state index contributed by atoms with van der Waals surface area (Å²) < 4.78 is 66.5. The molecular formula is C14H8ClF5N4S. The Morgan fingerprint density at radius 2 is 1.84 bits per heavy atom. The highest BCUT2D eigenvalue weighted by molar-refractivity contribution is 7.98. The van der Waals surface area contributed by atoms with Gasteiger partial charge in [0, 0.05) is 6.07 Å². The second kappa shape index (κ2) is 6.41. The zero-order valence-electron chi connectivity index (χ0n) is 12.4. The number of thioether (sulfide) groups is 1. The first-order valence-corrected chi connectivity index (χ1v) is 8.27. The van der Waals surface area contributed by atoms with Crippen LogP contribution in [-0.4, -0.2) is 25.8 Å². The zero-order chi connectivity index (χ0) is 18.4. The van der Waals surface area contributed by atoms with Gasteiger partial charge in [-0.05, 0) is 24.5 Å². The minimum absolute atomic E-state index is 0.0104. The van der Waals surface area contributed by atoms with Crippen LogP contribution >= 0.6 is 23.4 Å². The van der Waals surface area contributed by atoms with Gasteiger partial charge in [0.05, 0.1) is 16.6 Å². The van der Waals surface area contributed by atoms with Crippen LogP contribution in [0.25, 0.3) is 16.9 Å². The van der Waals surface area contributed by atoms with Crippen molar-refractivity contribution in [1.29, 1.82) is 0 Å². The molecule has 0 bridgehead atoms. The minimum Gasteiger partial charge on any atom is -0.275 e. The number of nitrogens with zero attached hydrogens (tertiary/aromatic N) is 4. The summed E-state index contributed by atoms with van der Waals surface area (Å²) in [6.45, 7) is 0. The van der Waals surface area contributed by atoms with Gasteiger partial charge < -0.3 is 0 Å². The third-order valence-corrected chi connectivity index (χ3v) is 4.02. The number of imidazole rings is 1. The Kier molecular flexibility index (Phi) is 4.58. The number of halogens is 6. The number of hydrogen-bond donors (Lipinski definition) is 0. The fourth-order valence-electron chi connectivity index (χ4n) is 2.25. The Labute approximate surface area is 147 Å². The van der Waals surface area contributed by atoms with E-state index >= 15 is 0 Å². The summed E-state index contributed by atoms with van der Waals surface area (Å²) in [7, 11) is 0. The first-order chi connectivity index (χ1) is 11.7. The van der Waals surface area contributed by atoms with E-state index in [1.165, 1.54) is 6.07 Å². The molecule has 0 radical (unpaired) electrons. The van der Waals surface area contributed by atoms with Crippen molar-refractivity contribution in [3.8, 4) is 5.82 Å². The molecule has 0 N–H and O–H groups in total. The fourth-order valence-corrected chi connectivity index (χ4v) is 2.85. The molecule has 1 aromatic carbocycles. The molecule has 0 unspecified atom stereocenters. The molecule has 3 rings (SSSR count). The van der Waals surface area contributed by atoms with Crippen molar-refractivity contribution in [2.45, 2.75) is 17.8 Å². The predicted molar refractivity (Wildman–Crippen MR) is 83.4 cm³/mol. The summed E-state index contributed by atoms with van der Waals surface area (Å²) in [4.78, 5) is 11.7. The van der Waals surface area contributed by atoms with Crippen molar-refractivity contribution in [2.24, 2.45) is 0 Å². The molecule has 0 aliphatic rings. The first-order valence-electron chi connectivity index (χ1n) is 6.67. The van der Waals surface area contributed by atoms with Gasteiger partial charge in [0.1, 0.15) is 11.0 Å². The summed E-state index contributed by atoms with van der Waals surface area (Å²) in [5.74, 6) is -0.808. The molecule has 0 saturated carbocycles. The quantitative estimate of drug-likeness (QED) is 0.267. The maximum atomic E-state index is 13.4. The van der Waals surface area contributed by atoms with Gasteiger partial charge in [-0.1, -0.05) is 23.4 Å². The maximum absolute atomic E-state index is 13.4. The van der Waals surface area contributed by atoms with E-state index in [4.69, 9.17) is 11.6 Å². The molecule has 11 heteroatoms. The largest absolute Gasteiger partial charge is 0.416 e. The molecule has 4 nitrogen and oxygen atoms in total. The molecule has 0 aliphatic heterocycles. The Morgan fingerprint density at radius 1 is 1.12 bits per heavy atom. The SMILES string of the molecule is CSc1nc(Cl)cc(-n2c(C(F)F)nc3ccc(C(F)(F)F)cc32)n1. The molecule has 0 aliphatic carbocycles. The third-order valence-electron chi connectivity index (χ3n) is 3.28. The third kappa shape index (κ3) is 3.40. The van der Waals surface area contributed by atoms with Crippen LogP contribution in [0.15, 0.2) is 29.4 Å².